The monoisotopic (exact) mass is 455 g/mol. The minimum absolute atomic E-state index is 0.0928. The summed E-state index contributed by atoms with van der Waals surface area (Å²) in [6.45, 7) is 0. The van der Waals surface area contributed by atoms with E-state index < -0.39 is 11.5 Å². The van der Waals surface area contributed by atoms with E-state index in [-0.39, 0.29) is 18.1 Å². The van der Waals surface area contributed by atoms with E-state index in [0.717, 1.165) is 5.56 Å². The smallest absolute Gasteiger partial charge is 0.279 e. The first kappa shape index (κ1) is 21.9. The number of nitrogens with zero attached hydrogens (tertiary/aromatic N) is 2. The van der Waals surface area contributed by atoms with Crippen LogP contribution in [0.1, 0.15) is 29.0 Å². The molecular formula is C23H22FN3O4S. The van der Waals surface area contributed by atoms with Crippen molar-refractivity contribution in [2.45, 2.75) is 23.2 Å². The predicted molar refractivity (Wildman–Crippen MR) is 120 cm³/mol. The molecule has 0 aliphatic carbocycles. The Labute approximate surface area is 188 Å². The lowest BCUT2D eigenvalue weighted by molar-refractivity contribution is -0.116. The fourth-order valence-corrected chi connectivity index (χ4v) is 4.77. The highest BCUT2D eigenvalue weighted by atomic mass is 32.2. The summed E-state index contributed by atoms with van der Waals surface area (Å²) in [5.41, 5.74) is 1.58. The SMILES string of the molecule is COc1cccc([C@H]2CC(=O)Nc3c2c(=O)nc(SCc2ccc(F)cc2)n3C)c1OC. The van der Waals surface area contributed by atoms with Crippen molar-refractivity contribution in [3.05, 3.63) is 75.3 Å². The summed E-state index contributed by atoms with van der Waals surface area (Å²) in [5, 5.41) is 3.29. The molecule has 1 atom stereocenters. The molecule has 9 heteroatoms. The van der Waals surface area contributed by atoms with Crippen LogP contribution >= 0.6 is 11.8 Å². The Hall–Kier alpha value is -3.33. The molecule has 0 radical (unpaired) electrons. The third kappa shape index (κ3) is 4.08. The maximum Gasteiger partial charge on any atom is 0.279 e. The van der Waals surface area contributed by atoms with Crippen molar-refractivity contribution < 1.29 is 18.7 Å². The number of amides is 1. The Morgan fingerprint density at radius 3 is 2.59 bits per heavy atom. The zero-order valence-corrected chi connectivity index (χ0v) is 18.7. The van der Waals surface area contributed by atoms with Crippen molar-refractivity contribution in [2.75, 3.05) is 19.5 Å². The molecule has 1 aliphatic heterocycles. The molecule has 166 valence electrons. The van der Waals surface area contributed by atoms with Gasteiger partial charge in [0.15, 0.2) is 16.7 Å². The van der Waals surface area contributed by atoms with Crippen LogP contribution < -0.4 is 20.3 Å². The van der Waals surface area contributed by atoms with Gasteiger partial charge in [-0.1, -0.05) is 36.0 Å². The van der Waals surface area contributed by atoms with Crippen LogP contribution in [0.4, 0.5) is 10.2 Å². The highest BCUT2D eigenvalue weighted by Gasteiger charge is 2.34. The van der Waals surface area contributed by atoms with E-state index in [1.54, 1.807) is 35.9 Å². The lowest BCUT2D eigenvalue weighted by Gasteiger charge is -2.28. The summed E-state index contributed by atoms with van der Waals surface area (Å²) in [6.07, 6.45) is 0.0928. The second-order valence-electron chi connectivity index (χ2n) is 7.32. The number of hydrogen-bond donors (Lipinski definition) is 1. The van der Waals surface area contributed by atoms with Crippen LogP contribution in [0.3, 0.4) is 0 Å². The van der Waals surface area contributed by atoms with Gasteiger partial charge in [-0.2, -0.15) is 4.98 Å². The summed E-state index contributed by atoms with van der Waals surface area (Å²) in [6, 6.07) is 11.5. The number of para-hydroxylation sites is 1. The van der Waals surface area contributed by atoms with Crippen LogP contribution in [-0.2, 0) is 17.6 Å². The number of ether oxygens (including phenoxy) is 2. The lowest BCUT2D eigenvalue weighted by Crippen LogP contribution is -2.33. The van der Waals surface area contributed by atoms with Gasteiger partial charge >= 0.3 is 0 Å². The first-order valence-corrected chi connectivity index (χ1v) is 10.9. The van der Waals surface area contributed by atoms with Gasteiger partial charge in [0.1, 0.15) is 11.6 Å². The molecule has 0 fully saturated rings. The highest BCUT2D eigenvalue weighted by Crippen LogP contribution is 2.43. The normalized spacial score (nSPS) is 15.1. The summed E-state index contributed by atoms with van der Waals surface area (Å²) in [4.78, 5) is 30.0. The Morgan fingerprint density at radius 1 is 1.16 bits per heavy atom. The fourth-order valence-electron chi connectivity index (χ4n) is 3.84. The quantitative estimate of drug-likeness (QED) is 0.451. The number of halogens is 1. The standard InChI is InChI=1S/C23H22FN3O4S/c1-27-21-19(22(29)26-23(27)32-12-13-7-9-14(24)10-8-13)16(11-18(28)25-21)15-5-4-6-17(30-2)20(15)31-3/h4-10,16H,11-12H2,1-3H3,(H,25,28)/t16-/m1/s1. The summed E-state index contributed by atoms with van der Waals surface area (Å²) in [5.74, 6) is 0.887. The summed E-state index contributed by atoms with van der Waals surface area (Å²) >= 11 is 1.34. The molecule has 1 aliphatic rings. The van der Waals surface area contributed by atoms with Gasteiger partial charge in [0.2, 0.25) is 5.91 Å². The van der Waals surface area contributed by atoms with Gasteiger partial charge in [-0.3, -0.25) is 9.59 Å². The Balaban J connectivity index is 1.75. The lowest BCUT2D eigenvalue weighted by atomic mass is 9.86. The largest absolute Gasteiger partial charge is 0.493 e. The van der Waals surface area contributed by atoms with E-state index in [1.807, 2.05) is 6.07 Å². The number of methoxy groups -OCH3 is 2. The minimum atomic E-state index is -0.522. The molecular weight excluding hydrogens is 433 g/mol. The van der Waals surface area contributed by atoms with Crippen molar-refractivity contribution in [3.63, 3.8) is 0 Å². The van der Waals surface area contributed by atoms with Crippen LogP contribution in [0.2, 0.25) is 0 Å². The molecule has 0 spiro atoms. The van der Waals surface area contributed by atoms with Gasteiger partial charge in [-0.15, -0.1) is 0 Å². The first-order valence-electron chi connectivity index (χ1n) is 9.91. The molecule has 1 N–H and O–H groups in total. The first-order chi connectivity index (χ1) is 15.4. The molecule has 2 heterocycles. The number of fused-ring (bicyclic) bond motifs is 1. The minimum Gasteiger partial charge on any atom is -0.493 e. The Bertz CT molecular complexity index is 1230. The zero-order valence-electron chi connectivity index (χ0n) is 17.8. The van der Waals surface area contributed by atoms with Crippen molar-refractivity contribution in [2.24, 2.45) is 7.05 Å². The number of benzene rings is 2. The average molecular weight is 456 g/mol. The van der Waals surface area contributed by atoms with E-state index in [2.05, 4.69) is 10.3 Å². The molecule has 0 bridgehead atoms. The maximum absolute atomic E-state index is 13.1. The topological polar surface area (TPSA) is 82.5 Å². The van der Waals surface area contributed by atoms with Crippen molar-refractivity contribution in [1.29, 1.82) is 0 Å². The number of aromatic nitrogens is 2. The third-order valence-electron chi connectivity index (χ3n) is 5.39. The van der Waals surface area contributed by atoms with Crippen LogP contribution in [0.15, 0.2) is 52.4 Å². The van der Waals surface area contributed by atoms with Crippen LogP contribution in [0.25, 0.3) is 0 Å². The number of nitrogens with one attached hydrogen (secondary N) is 1. The van der Waals surface area contributed by atoms with Crippen molar-refractivity contribution in [1.82, 2.24) is 9.55 Å². The number of carbonyl (C=O) groups excluding carboxylic acids is 1. The second-order valence-corrected chi connectivity index (χ2v) is 8.27. The maximum atomic E-state index is 13.1. The number of rotatable bonds is 6. The van der Waals surface area contributed by atoms with Crippen LogP contribution in [0, 0.1) is 5.82 Å². The predicted octanol–water partition coefficient (Wildman–Crippen LogP) is 3.70. The van der Waals surface area contributed by atoms with E-state index in [1.165, 1.54) is 38.1 Å². The molecule has 2 aromatic carbocycles. The van der Waals surface area contributed by atoms with Crippen LogP contribution in [0.5, 0.6) is 11.5 Å². The van der Waals surface area contributed by atoms with E-state index >= 15 is 0 Å². The number of hydrogen-bond acceptors (Lipinski definition) is 6. The molecule has 1 aromatic heterocycles. The number of carbonyl (C=O) groups is 1. The van der Waals surface area contributed by atoms with Gasteiger partial charge in [-0.05, 0) is 23.8 Å². The van der Waals surface area contributed by atoms with E-state index in [4.69, 9.17) is 9.47 Å². The summed E-state index contributed by atoms with van der Waals surface area (Å²) < 4.78 is 25.8. The zero-order chi connectivity index (χ0) is 22.8. The molecule has 0 unspecified atom stereocenters. The van der Waals surface area contributed by atoms with Gasteiger partial charge in [0.05, 0.1) is 19.8 Å². The van der Waals surface area contributed by atoms with E-state index in [0.29, 0.717) is 39.4 Å². The molecule has 7 nitrogen and oxygen atoms in total. The van der Waals surface area contributed by atoms with Gasteiger partial charge in [0.25, 0.3) is 5.56 Å². The Kier molecular flexibility index (Phi) is 6.18. The second kappa shape index (κ2) is 9.04. The van der Waals surface area contributed by atoms with Gasteiger partial charge < -0.3 is 19.4 Å². The van der Waals surface area contributed by atoms with Gasteiger partial charge in [0, 0.05) is 30.7 Å². The molecule has 4 rings (SSSR count). The molecule has 0 saturated carbocycles. The van der Waals surface area contributed by atoms with Crippen molar-refractivity contribution >= 4 is 23.5 Å². The molecule has 3 aromatic rings. The summed E-state index contributed by atoms with van der Waals surface area (Å²) in [7, 11) is 4.81. The highest BCUT2D eigenvalue weighted by molar-refractivity contribution is 7.98. The number of anilines is 1. The fraction of sp³-hybridized carbons (Fsp3) is 0.261. The molecule has 0 saturated heterocycles. The van der Waals surface area contributed by atoms with Crippen LogP contribution in [-0.4, -0.2) is 29.7 Å². The molecule has 32 heavy (non-hydrogen) atoms. The van der Waals surface area contributed by atoms with Crippen molar-refractivity contribution in [3.8, 4) is 11.5 Å². The van der Waals surface area contributed by atoms with E-state index in [9.17, 15) is 14.0 Å². The number of thioether (sulfide) groups is 1. The van der Waals surface area contributed by atoms with Gasteiger partial charge in [-0.25, -0.2) is 4.39 Å². The Morgan fingerprint density at radius 2 is 1.91 bits per heavy atom. The third-order valence-corrected chi connectivity index (χ3v) is 6.49. The average Bonchev–Trinajstić information content (AvgIpc) is 2.80. The molecule has 1 amide bonds.